The lowest BCUT2D eigenvalue weighted by Crippen LogP contribution is -2.06. The molecule has 0 amide bonds. The molecule has 0 saturated heterocycles. The standard InChI is InChI=1S/C16H13F3N2O/c1-4-5-11(18)14(9(3)17)15(22)10-6-20-16-13(10)8(2)12(19)7-21-16/h4-7H,1H2,2-3H3,(H,20,21)/b11-5+,14-9-. The second-order valence-electron chi connectivity index (χ2n) is 4.64. The van der Waals surface area contributed by atoms with Crippen LogP contribution in [0.2, 0.25) is 0 Å². The number of halogens is 3. The number of aryl methyl sites for hydroxylation is 1. The van der Waals surface area contributed by atoms with Crippen LogP contribution in [0.15, 0.2) is 48.4 Å². The van der Waals surface area contributed by atoms with E-state index in [2.05, 4.69) is 16.5 Å². The Balaban J connectivity index is 2.68. The van der Waals surface area contributed by atoms with Crippen LogP contribution < -0.4 is 0 Å². The van der Waals surface area contributed by atoms with Crippen molar-refractivity contribution in [2.45, 2.75) is 13.8 Å². The average Bonchev–Trinajstić information content (AvgIpc) is 2.87. The molecular weight excluding hydrogens is 293 g/mol. The number of nitrogens with zero attached hydrogens (tertiary/aromatic N) is 1. The summed E-state index contributed by atoms with van der Waals surface area (Å²) >= 11 is 0. The van der Waals surface area contributed by atoms with Crippen LogP contribution in [-0.4, -0.2) is 15.8 Å². The lowest BCUT2D eigenvalue weighted by molar-refractivity contribution is 0.103. The van der Waals surface area contributed by atoms with Crippen molar-refractivity contribution < 1.29 is 18.0 Å². The van der Waals surface area contributed by atoms with Crippen LogP contribution in [0.3, 0.4) is 0 Å². The van der Waals surface area contributed by atoms with Gasteiger partial charge < -0.3 is 4.98 Å². The van der Waals surface area contributed by atoms with Gasteiger partial charge in [-0.3, -0.25) is 4.79 Å². The molecule has 2 heterocycles. The van der Waals surface area contributed by atoms with Gasteiger partial charge in [0.2, 0.25) is 5.78 Å². The molecule has 0 fully saturated rings. The first kappa shape index (κ1) is 15.8. The highest BCUT2D eigenvalue weighted by atomic mass is 19.1. The van der Waals surface area contributed by atoms with E-state index in [-0.39, 0.29) is 22.2 Å². The maximum atomic E-state index is 13.9. The van der Waals surface area contributed by atoms with E-state index >= 15 is 0 Å². The number of allylic oxidation sites excluding steroid dienone is 5. The lowest BCUT2D eigenvalue weighted by Gasteiger charge is -2.05. The van der Waals surface area contributed by atoms with Crippen LogP contribution in [0.5, 0.6) is 0 Å². The molecule has 0 saturated carbocycles. The Kier molecular flexibility index (Phi) is 4.30. The van der Waals surface area contributed by atoms with E-state index in [1.54, 1.807) is 0 Å². The monoisotopic (exact) mass is 306 g/mol. The van der Waals surface area contributed by atoms with Crippen LogP contribution >= 0.6 is 0 Å². The number of pyridine rings is 1. The van der Waals surface area contributed by atoms with Crippen LogP contribution in [0.1, 0.15) is 22.8 Å². The predicted octanol–water partition coefficient (Wildman–Crippen LogP) is 4.48. The average molecular weight is 306 g/mol. The summed E-state index contributed by atoms with van der Waals surface area (Å²) in [6.07, 6.45) is 4.26. The van der Waals surface area contributed by atoms with Gasteiger partial charge >= 0.3 is 0 Å². The van der Waals surface area contributed by atoms with Crippen LogP contribution in [0.4, 0.5) is 13.2 Å². The van der Waals surface area contributed by atoms with Crippen molar-refractivity contribution in [2.24, 2.45) is 0 Å². The molecule has 2 aromatic heterocycles. The van der Waals surface area contributed by atoms with Crippen molar-refractivity contribution in [3.8, 4) is 0 Å². The van der Waals surface area contributed by atoms with Gasteiger partial charge in [-0.25, -0.2) is 18.2 Å². The summed E-state index contributed by atoms with van der Waals surface area (Å²) in [6, 6.07) is 0. The summed E-state index contributed by atoms with van der Waals surface area (Å²) in [6.45, 7) is 5.74. The highest BCUT2D eigenvalue weighted by Gasteiger charge is 2.24. The number of ketones is 1. The second-order valence-corrected chi connectivity index (χ2v) is 4.64. The number of nitrogens with one attached hydrogen (secondary N) is 1. The highest BCUT2D eigenvalue weighted by molar-refractivity contribution is 6.18. The Morgan fingerprint density at radius 1 is 1.41 bits per heavy atom. The van der Waals surface area contributed by atoms with Gasteiger partial charge in [-0.1, -0.05) is 12.7 Å². The van der Waals surface area contributed by atoms with Crippen molar-refractivity contribution in [2.75, 3.05) is 0 Å². The van der Waals surface area contributed by atoms with Gasteiger partial charge in [0.1, 0.15) is 23.1 Å². The van der Waals surface area contributed by atoms with E-state index in [1.165, 1.54) is 13.1 Å². The molecule has 114 valence electrons. The summed E-state index contributed by atoms with van der Waals surface area (Å²) in [5.74, 6) is -3.52. The largest absolute Gasteiger partial charge is 0.345 e. The van der Waals surface area contributed by atoms with Gasteiger partial charge in [-0.05, 0) is 25.5 Å². The van der Waals surface area contributed by atoms with Gasteiger partial charge in [0.25, 0.3) is 0 Å². The minimum atomic E-state index is -1.05. The Hall–Kier alpha value is -2.63. The summed E-state index contributed by atoms with van der Waals surface area (Å²) in [5.41, 5.74) is -0.312. The lowest BCUT2D eigenvalue weighted by atomic mass is 9.99. The molecular formula is C16H13F3N2O. The van der Waals surface area contributed by atoms with Gasteiger partial charge in [-0.15, -0.1) is 0 Å². The third-order valence-corrected chi connectivity index (χ3v) is 3.22. The van der Waals surface area contributed by atoms with Crippen molar-refractivity contribution in [1.29, 1.82) is 0 Å². The summed E-state index contributed by atoms with van der Waals surface area (Å²) in [5, 5.41) is 0.204. The Labute approximate surface area is 124 Å². The Bertz CT molecular complexity index is 827. The van der Waals surface area contributed by atoms with E-state index in [0.29, 0.717) is 0 Å². The molecule has 0 spiro atoms. The Morgan fingerprint density at radius 2 is 2.09 bits per heavy atom. The molecule has 2 aromatic rings. The number of fused-ring (bicyclic) bond motifs is 1. The summed E-state index contributed by atoms with van der Waals surface area (Å²) < 4.78 is 41.2. The number of aromatic nitrogens is 2. The number of rotatable bonds is 4. The summed E-state index contributed by atoms with van der Waals surface area (Å²) in [4.78, 5) is 19.0. The zero-order valence-electron chi connectivity index (χ0n) is 12.0. The second kappa shape index (κ2) is 6.01. The van der Waals surface area contributed by atoms with Crippen molar-refractivity contribution >= 4 is 16.8 Å². The minimum Gasteiger partial charge on any atom is -0.345 e. The number of aromatic amines is 1. The molecule has 0 aliphatic rings. The molecule has 0 bridgehead atoms. The van der Waals surface area contributed by atoms with E-state index in [0.717, 1.165) is 25.3 Å². The number of hydrogen-bond acceptors (Lipinski definition) is 2. The molecule has 0 unspecified atom stereocenters. The fourth-order valence-electron chi connectivity index (χ4n) is 2.16. The number of hydrogen-bond donors (Lipinski definition) is 1. The fourth-order valence-corrected chi connectivity index (χ4v) is 2.16. The van der Waals surface area contributed by atoms with Crippen molar-refractivity contribution in [1.82, 2.24) is 9.97 Å². The van der Waals surface area contributed by atoms with Gasteiger partial charge in [-0.2, -0.15) is 0 Å². The van der Waals surface area contributed by atoms with Crippen molar-refractivity contribution in [3.05, 3.63) is 65.3 Å². The normalized spacial score (nSPS) is 13.2. The van der Waals surface area contributed by atoms with E-state index in [1.807, 2.05) is 0 Å². The quantitative estimate of drug-likeness (QED) is 0.514. The third kappa shape index (κ3) is 2.59. The molecule has 6 heteroatoms. The number of carbonyl (C=O) groups is 1. The van der Waals surface area contributed by atoms with Gasteiger partial charge in [0, 0.05) is 11.6 Å². The first-order valence-corrected chi connectivity index (χ1v) is 6.40. The predicted molar refractivity (Wildman–Crippen MR) is 78.3 cm³/mol. The van der Waals surface area contributed by atoms with Crippen LogP contribution in [0, 0.1) is 12.7 Å². The maximum Gasteiger partial charge on any atom is 0.200 e. The molecule has 0 radical (unpaired) electrons. The van der Waals surface area contributed by atoms with Gasteiger partial charge in [0.15, 0.2) is 0 Å². The van der Waals surface area contributed by atoms with E-state index < -0.39 is 28.8 Å². The van der Waals surface area contributed by atoms with E-state index in [9.17, 15) is 18.0 Å². The van der Waals surface area contributed by atoms with Crippen molar-refractivity contribution in [3.63, 3.8) is 0 Å². The number of carbonyl (C=O) groups excluding carboxylic acids is 1. The third-order valence-electron chi connectivity index (χ3n) is 3.22. The molecule has 1 N–H and O–H groups in total. The maximum absolute atomic E-state index is 13.9. The minimum absolute atomic E-state index is 0.0425. The van der Waals surface area contributed by atoms with Crippen LogP contribution in [-0.2, 0) is 0 Å². The van der Waals surface area contributed by atoms with E-state index in [4.69, 9.17) is 0 Å². The first-order valence-electron chi connectivity index (χ1n) is 6.40. The fraction of sp³-hybridized carbons (Fsp3) is 0.125. The number of H-pyrrole nitrogens is 1. The molecule has 3 nitrogen and oxygen atoms in total. The molecule has 0 atom stereocenters. The molecule has 2 rings (SSSR count). The summed E-state index contributed by atoms with van der Waals surface area (Å²) in [7, 11) is 0. The highest BCUT2D eigenvalue weighted by Crippen LogP contribution is 2.28. The molecule has 22 heavy (non-hydrogen) atoms. The SMILES string of the molecule is C=C/C=C(F)\C(C(=O)c1c[nH]c2ncc(F)c(C)c12)=C(/C)F. The molecule has 0 aliphatic heterocycles. The van der Waals surface area contributed by atoms with Crippen LogP contribution in [0.25, 0.3) is 11.0 Å². The topological polar surface area (TPSA) is 45.8 Å². The first-order chi connectivity index (χ1) is 10.4. The zero-order chi connectivity index (χ0) is 16.4. The smallest absolute Gasteiger partial charge is 0.200 e. The number of Topliss-reactive ketones (excluding diaryl/α,β-unsaturated/α-hetero) is 1. The molecule has 0 aromatic carbocycles. The van der Waals surface area contributed by atoms with Gasteiger partial charge in [0.05, 0.1) is 17.3 Å². The zero-order valence-corrected chi connectivity index (χ0v) is 12.0. The Morgan fingerprint density at radius 3 is 2.68 bits per heavy atom. The molecule has 0 aliphatic carbocycles.